The van der Waals surface area contributed by atoms with E-state index in [1.165, 1.54) is 16.8 Å². The minimum atomic E-state index is 0.558. The highest BCUT2D eigenvalue weighted by atomic mass is 15.1. The molecule has 0 aliphatic rings. The second-order valence-electron chi connectivity index (χ2n) is 4.91. The highest BCUT2D eigenvalue weighted by Gasteiger charge is 2.10. The molecule has 0 unspecified atom stereocenters. The fraction of sp³-hybridized carbons (Fsp3) is 0.312. The molecule has 0 aliphatic heterocycles. The zero-order valence-electron chi connectivity index (χ0n) is 11.9. The second kappa shape index (κ2) is 5.85. The first-order valence-corrected chi connectivity index (χ1v) is 6.54. The molecule has 0 atom stereocenters. The van der Waals surface area contributed by atoms with Crippen LogP contribution in [0.5, 0.6) is 0 Å². The van der Waals surface area contributed by atoms with Gasteiger partial charge in [-0.25, -0.2) is 0 Å². The Morgan fingerprint density at radius 2 is 1.84 bits per heavy atom. The lowest BCUT2D eigenvalue weighted by atomic mass is 10.1. The second-order valence-corrected chi connectivity index (χ2v) is 4.91. The molecular formula is C16H21N3. The Hall–Kier alpha value is -1.87. The van der Waals surface area contributed by atoms with Crippen LogP contribution in [0.1, 0.15) is 22.5 Å². The van der Waals surface area contributed by atoms with Gasteiger partial charge in [0.1, 0.15) is 0 Å². The Kier molecular flexibility index (Phi) is 4.17. The van der Waals surface area contributed by atoms with E-state index >= 15 is 0 Å². The van der Waals surface area contributed by atoms with Crippen molar-refractivity contribution in [3.63, 3.8) is 0 Å². The van der Waals surface area contributed by atoms with Gasteiger partial charge in [0.15, 0.2) is 0 Å². The quantitative estimate of drug-likeness (QED) is 0.913. The van der Waals surface area contributed by atoms with Crippen molar-refractivity contribution in [1.29, 1.82) is 0 Å². The first-order chi connectivity index (χ1) is 9.11. The van der Waals surface area contributed by atoms with Crippen molar-refractivity contribution in [3.05, 3.63) is 58.9 Å². The van der Waals surface area contributed by atoms with Gasteiger partial charge in [-0.3, -0.25) is 4.98 Å². The average Bonchev–Trinajstić information content (AvgIpc) is 2.38. The summed E-state index contributed by atoms with van der Waals surface area (Å²) in [5.74, 6) is 0. The summed E-state index contributed by atoms with van der Waals surface area (Å²) in [6.45, 7) is 5.49. The molecule has 0 fully saturated rings. The molecule has 1 aromatic heterocycles. The first-order valence-electron chi connectivity index (χ1n) is 6.54. The number of aromatic nitrogens is 1. The Morgan fingerprint density at radius 3 is 2.53 bits per heavy atom. The molecule has 3 heteroatoms. The molecule has 1 aromatic carbocycles. The fourth-order valence-corrected chi connectivity index (χ4v) is 2.44. The maximum absolute atomic E-state index is 5.83. The zero-order valence-corrected chi connectivity index (χ0v) is 11.9. The highest BCUT2D eigenvalue weighted by Crippen LogP contribution is 2.25. The molecule has 0 spiro atoms. The van der Waals surface area contributed by atoms with Crippen molar-refractivity contribution in [2.24, 2.45) is 5.73 Å². The predicted octanol–water partition coefficient (Wildman–Crippen LogP) is 2.79. The summed E-state index contributed by atoms with van der Waals surface area (Å²) in [6.07, 6.45) is 0. The minimum absolute atomic E-state index is 0.558. The summed E-state index contributed by atoms with van der Waals surface area (Å²) in [5.41, 5.74) is 11.6. The van der Waals surface area contributed by atoms with Crippen molar-refractivity contribution in [2.75, 3.05) is 11.9 Å². The Bertz CT molecular complexity index is 564. The number of hydrogen-bond donors (Lipinski definition) is 1. The van der Waals surface area contributed by atoms with Crippen LogP contribution in [0.15, 0.2) is 36.4 Å². The van der Waals surface area contributed by atoms with Crippen molar-refractivity contribution >= 4 is 5.69 Å². The lowest BCUT2D eigenvalue weighted by Gasteiger charge is -2.24. The number of hydrogen-bond acceptors (Lipinski definition) is 3. The van der Waals surface area contributed by atoms with E-state index in [0.717, 1.165) is 17.9 Å². The molecule has 1 heterocycles. The van der Waals surface area contributed by atoms with Crippen LogP contribution in [-0.2, 0) is 13.1 Å². The maximum Gasteiger partial charge on any atom is 0.0600 e. The van der Waals surface area contributed by atoms with Crippen LogP contribution in [0.4, 0.5) is 5.69 Å². The van der Waals surface area contributed by atoms with Gasteiger partial charge in [-0.2, -0.15) is 0 Å². The Morgan fingerprint density at radius 1 is 1.11 bits per heavy atom. The van der Waals surface area contributed by atoms with E-state index in [9.17, 15) is 0 Å². The number of aryl methyl sites for hydroxylation is 2. The lowest BCUT2D eigenvalue weighted by molar-refractivity contribution is 0.861. The van der Waals surface area contributed by atoms with Crippen LogP contribution in [0.25, 0.3) is 0 Å². The topological polar surface area (TPSA) is 42.1 Å². The van der Waals surface area contributed by atoms with Crippen LogP contribution < -0.4 is 10.6 Å². The van der Waals surface area contributed by atoms with E-state index in [4.69, 9.17) is 5.73 Å². The fourth-order valence-electron chi connectivity index (χ4n) is 2.44. The van der Waals surface area contributed by atoms with Crippen LogP contribution in [0.3, 0.4) is 0 Å². The Labute approximate surface area is 115 Å². The number of pyridine rings is 1. The molecule has 0 saturated carbocycles. The SMILES string of the molecule is Cc1cccc(CN(C)c2c(C)cccc2CN)n1. The van der Waals surface area contributed by atoms with Crippen molar-refractivity contribution < 1.29 is 0 Å². The number of benzene rings is 1. The van der Waals surface area contributed by atoms with Gasteiger partial charge < -0.3 is 10.6 Å². The zero-order chi connectivity index (χ0) is 13.8. The first kappa shape index (κ1) is 13.6. The number of nitrogens with two attached hydrogens (primary N) is 1. The maximum atomic E-state index is 5.83. The van der Waals surface area contributed by atoms with Crippen molar-refractivity contribution in [3.8, 4) is 0 Å². The predicted molar refractivity (Wildman–Crippen MR) is 80.2 cm³/mol. The number of anilines is 1. The van der Waals surface area contributed by atoms with Gasteiger partial charge >= 0.3 is 0 Å². The van der Waals surface area contributed by atoms with Gasteiger partial charge in [-0.05, 0) is 37.1 Å². The molecule has 2 N–H and O–H groups in total. The smallest absolute Gasteiger partial charge is 0.0600 e. The molecule has 2 rings (SSSR count). The molecule has 2 aromatic rings. The third kappa shape index (κ3) is 3.12. The molecule has 0 saturated heterocycles. The van der Waals surface area contributed by atoms with E-state index < -0.39 is 0 Å². The third-order valence-electron chi connectivity index (χ3n) is 3.27. The van der Waals surface area contributed by atoms with Gasteiger partial charge in [-0.1, -0.05) is 24.3 Å². The molecule has 0 bridgehead atoms. The minimum Gasteiger partial charge on any atom is -0.368 e. The molecule has 19 heavy (non-hydrogen) atoms. The van der Waals surface area contributed by atoms with E-state index in [1.54, 1.807) is 0 Å². The van der Waals surface area contributed by atoms with Gasteiger partial charge in [0, 0.05) is 25.0 Å². The van der Waals surface area contributed by atoms with E-state index in [-0.39, 0.29) is 0 Å². The van der Waals surface area contributed by atoms with Crippen LogP contribution >= 0.6 is 0 Å². The highest BCUT2D eigenvalue weighted by molar-refractivity contribution is 5.59. The summed E-state index contributed by atoms with van der Waals surface area (Å²) >= 11 is 0. The van der Waals surface area contributed by atoms with Crippen LogP contribution in [-0.4, -0.2) is 12.0 Å². The van der Waals surface area contributed by atoms with E-state index in [2.05, 4.69) is 48.1 Å². The summed E-state index contributed by atoms with van der Waals surface area (Å²) < 4.78 is 0. The summed E-state index contributed by atoms with van der Waals surface area (Å²) in [5, 5.41) is 0. The number of para-hydroxylation sites is 1. The van der Waals surface area contributed by atoms with E-state index in [0.29, 0.717) is 6.54 Å². The Balaban J connectivity index is 2.27. The van der Waals surface area contributed by atoms with Crippen LogP contribution in [0, 0.1) is 13.8 Å². The van der Waals surface area contributed by atoms with Crippen molar-refractivity contribution in [1.82, 2.24) is 4.98 Å². The van der Waals surface area contributed by atoms with Crippen LogP contribution in [0.2, 0.25) is 0 Å². The average molecular weight is 255 g/mol. The van der Waals surface area contributed by atoms with Gasteiger partial charge in [-0.15, -0.1) is 0 Å². The monoisotopic (exact) mass is 255 g/mol. The third-order valence-corrected chi connectivity index (χ3v) is 3.27. The molecule has 100 valence electrons. The lowest BCUT2D eigenvalue weighted by Crippen LogP contribution is -2.20. The number of nitrogens with zero attached hydrogens (tertiary/aromatic N) is 2. The summed E-state index contributed by atoms with van der Waals surface area (Å²) in [4.78, 5) is 6.77. The molecular weight excluding hydrogens is 234 g/mol. The summed E-state index contributed by atoms with van der Waals surface area (Å²) in [7, 11) is 2.09. The largest absolute Gasteiger partial charge is 0.368 e. The molecule has 0 aliphatic carbocycles. The summed E-state index contributed by atoms with van der Waals surface area (Å²) in [6, 6.07) is 12.4. The molecule has 3 nitrogen and oxygen atoms in total. The van der Waals surface area contributed by atoms with Gasteiger partial charge in [0.05, 0.1) is 12.2 Å². The van der Waals surface area contributed by atoms with E-state index in [1.807, 2.05) is 19.1 Å². The number of rotatable bonds is 4. The van der Waals surface area contributed by atoms with Crippen molar-refractivity contribution in [2.45, 2.75) is 26.9 Å². The standard InChI is InChI=1S/C16H21N3/c1-12-6-4-8-14(10-17)16(12)19(3)11-15-9-5-7-13(2)18-15/h4-9H,10-11,17H2,1-3H3. The normalized spacial score (nSPS) is 10.5. The van der Waals surface area contributed by atoms with Gasteiger partial charge in [0.25, 0.3) is 0 Å². The molecule has 0 amide bonds. The molecule has 0 radical (unpaired) electrons. The van der Waals surface area contributed by atoms with Gasteiger partial charge in [0.2, 0.25) is 0 Å².